The topological polar surface area (TPSA) is 0 Å². The highest BCUT2D eigenvalue weighted by molar-refractivity contribution is 5.68. The Morgan fingerprint density at radius 2 is 2.05 bits per heavy atom. The summed E-state index contributed by atoms with van der Waals surface area (Å²) >= 11 is 0. The second-order valence-electron chi connectivity index (χ2n) is 7.15. The summed E-state index contributed by atoms with van der Waals surface area (Å²) in [6.45, 7) is 13.4. The maximum Gasteiger partial charge on any atom is 0.123 e. The van der Waals surface area contributed by atoms with Crippen molar-refractivity contribution in [3.05, 3.63) is 41.7 Å². The average Bonchev–Trinajstić information content (AvgIpc) is 2.44. The summed E-state index contributed by atoms with van der Waals surface area (Å²) in [5.74, 6) is 1.20. The lowest BCUT2D eigenvalue weighted by Crippen LogP contribution is -2.36. The lowest BCUT2D eigenvalue weighted by atomic mass is 9.57. The van der Waals surface area contributed by atoms with Gasteiger partial charge in [0.25, 0.3) is 0 Å². The number of rotatable bonds is 6. The number of hydrogen-bond donors (Lipinski definition) is 0. The number of benzene rings is 1. The monoisotopic (exact) mass is 288 g/mol. The van der Waals surface area contributed by atoms with Gasteiger partial charge in [-0.2, -0.15) is 0 Å². The normalized spacial score (nSPS) is 26.2. The molecule has 0 radical (unpaired) electrons. The third-order valence-corrected chi connectivity index (χ3v) is 5.44. The SMILES string of the molecule is C=C(c1ccc(F)cc1CC)C(C)CC1(CC)CC(C)C1. The predicted octanol–water partition coefficient (Wildman–Crippen LogP) is 6.25. The molecule has 0 bridgehead atoms. The molecule has 1 aliphatic carbocycles. The van der Waals surface area contributed by atoms with Crippen LogP contribution in [-0.4, -0.2) is 0 Å². The summed E-state index contributed by atoms with van der Waals surface area (Å²) in [6.07, 6.45) is 6.04. The van der Waals surface area contributed by atoms with Crippen molar-refractivity contribution in [2.45, 2.75) is 59.8 Å². The van der Waals surface area contributed by atoms with E-state index in [1.807, 2.05) is 6.07 Å². The highest BCUT2D eigenvalue weighted by Crippen LogP contribution is 2.53. The summed E-state index contributed by atoms with van der Waals surface area (Å²) < 4.78 is 13.4. The number of allylic oxidation sites excluding steroid dienone is 1. The third kappa shape index (κ3) is 3.39. The molecule has 21 heavy (non-hydrogen) atoms. The first-order valence-electron chi connectivity index (χ1n) is 8.38. The minimum atomic E-state index is -0.145. The Balaban J connectivity index is 2.12. The second-order valence-corrected chi connectivity index (χ2v) is 7.15. The molecule has 0 aromatic heterocycles. The van der Waals surface area contributed by atoms with Crippen molar-refractivity contribution in [3.8, 4) is 0 Å². The van der Waals surface area contributed by atoms with Gasteiger partial charge in [-0.1, -0.05) is 46.8 Å². The molecule has 116 valence electrons. The number of halogens is 1. The zero-order valence-corrected chi connectivity index (χ0v) is 14.0. The van der Waals surface area contributed by atoms with Gasteiger partial charge >= 0.3 is 0 Å². The van der Waals surface area contributed by atoms with Gasteiger partial charge in [-0.25, -0.2) is 4.39 Å². The van der Waals surface area contributed by atoms with Crippen LogP contribution in [0.25, 0.3) is 5.57 Å². The molecule has 0 nitrogen and oxygen atoms in total. The Labute approximate surface area is 129 Å². The van der Waals surface area contributed by atoms with Gasteiger partial charge in [0.05, 0.1) is 0 Å². The summed E-state index contributed by atoms with van der Waals surface area (Å²) in [5.41, 5.74) is 3.94. The molecule has 0 amide bonds. The van der Waals surface area contributed by atoms with Crippen LogP contribution in [-0.2, 0) is 6.42 Å². The summed E-state index contributed by atoms with van der Waals surface area (Å²) in [6, 6.07) is 5.14. The van der Waals surface area contributed by atoms with E-state index in [9.17, 15) is 4.39 Å². The van der Waals surface area contributed by atoms with Crippen LogP contribution in [0.5, 0.6) is 0 Å². The maximum atomic E-state index is 13.4. The van der Waals surface area contributed by atoms with E-state index in [0.29, 0.717) is 11.3 Å². The number of hydrogen-bond acceptors (Lipinski definition) is 0. The molecule has 1 unspecified atom stereocenters. The maximum absolute atomic E-state index is 13.4. The molecule has 1 atom stereocenters. The molecule has 1 fully saturated rings. The molecular weight excluding hydrogens is 259 g/mol. The standard InChI is InChI=1S/C20H29F/c1-6-17-10-18(21)8-9-19(17)16(5)15(4)13-20(7-2)11-14(3)12-20/h8-10,14-15H,5-7,11-13H2,1-4H3. The molecule has 1 aromatic rings. The van der Waals surface area contributed by atoms with Gasteiger partial charge in [-0.15, -0.1) is 0 Å². The smallest absolute Gasteiger partial charge is 0.123 e. The van der Waals surface area contributed by atoms with Gasteiger partial charge in [0.1, 0.15) is 5.82 Å². The largest absolute Gasteiger partial charge is 0.207 e. The Kier molecular flexibility index (Phi) is 4.91. The van der Waals surface area contributed by atoms with Crippen molar-refractivity contribution >= 4 is 5.57 Å². The first-order valence-corrected chi connectivity index (χ1v) is 8.38. The van der Waals surface area contributed by atoms with E-state index in [-0.39, 0.29) is 5.82 Å². The van der Waals surface area contributed by atoms with Crippen LogP contribution >= 0.6 is 0 Å². The summed E-state index contributed by atoms with van der Waals surface area (Å²) in [4.78, 5) is 0. The molecule has 1 aromatic carbocycles. The molecular formula is C20H29F. The Morgan fingerprint density at radius 3 is 2.57 bits per heavy atom. The average molecular weight is 288 g/mol. The first kappa shape index (κ1) is 16.3. The van der Waals surface area contributed by atoms with Gasteiger partial charge in [0.15, 0.2) is 0 Å². The van der Waals surface area contributed by atoms with Crippen molar-refractivity contribution in [2.75, 3.05) is 0 Å². The van der Waals surface area contributed by atoms with Crippen LogP contribution in [0.2, 0.25) is 0 Å². The van der Waals surface area contributed by atoms with Crippen molar-refractivity contribution < 1.29 is 4.39 Å². The van der Waals surface area contributed by atoms with Gasteiger partial charge in [0, 0.05) is 0 Å². The van der Waals surface area contributed by atoms with E-state index in [0.717, 1.165) is 23.5 Å². The zero-order valence-electron chi connectivity index (χ0n) is 14.0. The van der Waals surface area contributed by atoms with Gasteiger partial charge in [-0.05, 0) is 71.8 Å². The Morgan fingerprint density at radius 1 is 1.38 bits per heavy atom. The van der Waals surface area contributed by atoms with Crippen LogP contribution in [0.4, 0.5) is 4.39 Å². The van der Waals surface area contributed by atoms with Crippen LogP contribution in [0.15, 0.2) is 24.8 Å². The number of aryl methyl sites for hydroxylation is 1. The quantitative estimate of drug-likeness (QED) is 0.580. The fourth-order valence-electron chi connectivity index (χ4n) is 4.22. The molecule has 0 spiro atoms. The highest BCUT2D eigenvalue weighted by Gasteiger charge is 2.41. The van der Waals surface area contributed by atoms with E-state index in [1.54, 1.807) is 12.1 Å². The van der Waals surface area contributed by atoms with E-state index >= 15 is 0 Å². The van der Waals surface area contributed by atoms with Gasteiger partial charge < -0.3 is 0 Å². The molecule has 0 heterocycles. The van der Waals surface area contributed by atoms with Gasteiger partial charge in [-0.3, -0.25) is 0 Å². The van der Waals surface area contributed by atoms with Crippen molar-refractivity contribution in [3.63, 3.8) is 0 Å². The summed E-state index contributed by atoms with van der Waals surface area (Å²) in [5, 5.41) is 0. The lowest BCUT2D eigenvalue weighted by Gasteiger charge is -2.48. The molecule has 1 saturated carbocycles. The molecule has 0 N–H and O–H groups in total. The fourth-order valence-corrected chi connectivity index (χ4v) is 4.22. The fraction of sp³-hybridized carbons (Fsp3) is 0.600. The van der Waals surface area contributed by atoms with E-state index in [4.69, 9.17) is 0 Å². The second kappa shape index (κ2) is 6.34. The molecule has 0 aliphatic heterocycles. The van der Waals surface area contributed by atoms with Crippen LogP contribution in [0.3, 0.4) is 0 Å². The predicted molar refractivity (Wildman–Crippen MR) is 89.7 cm³/mol. The Bertz CT molecular complexity index is 509. The van der Waals surface area contributed by atoms with Crippen molar-refractivity contribution in [1.29, 1.82) is 0 Å². The van der Waals surface area contributed by atoms with Crippen LogP contribution in [0.1, 0.15) is 64.5 Å². The molecule has 2 rings (SSSR count). The molecule has 1 aliphatic rings. The highest BCUT2D eigenvalue weighted by atomic mass is 19.1. The van der Waals surface area contributed by atoms with Crippen LogP contribution < -0.4 is 0 Å². The van der Waals surface area contributed by atoms with Gasteiger partial charge in [0.2, 0.25) is 0 Å². The molecule has 1 heteroatoms. The summed E-state index contributed by atoms with van der Waals surface area (Å²) in [7, 11) is 0. The van der Waals surface area contributed by atoms with E-state index < -0.39 is 0 Å². The lowest BCUT2D eigenvalue weighted by molar-refractivity contribution is 0.0423. The van der Waals surface area contributed by atoms with Crippen molar-refractivity contribution in [2.24, 2.45) is 17.3 Å². The molecule has 0 saturated heterocycles. The van der Waals surface area contributed by atoms with Crippen molar-refractivity contribution in [1.82, 2.24) is 0 Å². The third-order valence-electron chi connectivity index (χ3n) is 5.44. The van der Waals surface area contributed by atoms with E-state index in [2.05, 4.69) is 34.3 Å². The van der Waals surface area contributed by atoms with E-state index in [1.165, 1.54) is 31.3 Å². The zero-order chi connectivity index (χ0) is 15.6. The minimum absolute atomic E-state index is 0.145. The minimum Gasteiger partial charge on any atom is -0.207 e. The first-order chi connectivity index (χ1) is 9.90. The van der Waals surface area contributed by atoms with Crippen LogP contribution in [0, 0.1) is 23.1 Å². The Hall–Kier alpha value is -1.11.